The second-order valence-electron chi connectivity index (χ2n) is 4.61. The first-order valence-electron chi connectivity index (χ1n) is 6.06. The van der Waals surface area contributed by atoms with E-state index in [0.29, 0.717) is 6.54 Å². The molecule has 5 heteroatoms. The van der Waals surface area contributed by atoms with Crippen LogP contribution in [0.3, 0.4) is 0 Å². The van der Waals surface area contributed by atoms with Gasteiger partial charge in [0, 0.05) is 19.7 Å². The van der Waals surface area contributed by atoms with E-state index in [4.69, 9.17) is 4.74 Å². The molecular weight excluding hydrogens is 226 g/mol. The fraction of sp³-hybridized carbons (Fsp3) is 1.00. The minimum Gasteiger partial charge on any atom is -0.377 e. The Balaban J connectivity index is 2.11. The summed E-state index contributed by atoms with van der Waals surface area (Å²) in [5.41, 5.74) is 0. The van der Waals surface area contributed by atoms with Gasteiger partial charge in [-0.2, -0.15) is 0 Å². The molecule has 1 unspecified atom stereocenters. The van der Waals surface area contributed by atoms with Crippen molar-refractivity contribution >= 4 is 9.84 Å². The van der Waals surface area contributed by atoms with Crippen molar-refractivity contribution < 1.29 is 13.2 Å². The van der Waals surface area contributed by atoms with Crippen LogP contribution in [0, 0.1) is 0 Å². The Morgan fingerprint density at radius 1 is 1.38 bits per heavy atom. The van der Waals surface area contributed by atoms with Crippen LogP contribution in [-0.4, -0.2) is 45.2 Å². The van der Waals surface area contributed by atoms with Gasteiger partial charge in [0.25, 0.3) is 0 Å². The summed E-state index contributed by atoms with van der Waals surface area (Å²) in [6, 6.07) is 0. The van der Waals surface area contributed by atoms with Crippen molar-refractivity contribution in [2.24, 2.45) is 0 Å². The van der Waals surface area contributed by atoms with E-state index >= 15 is 0 Å². The number of nitrogens with one attached hydrogen (secondary N) is 1. The average Bonchev–Trinajstić information content (AvgIpc) is 2.26. The molecule has 0 amide bonds. The predicted molar refractivity (Wildman–Crippen MR) is 65.4 cm³/mol. The van der Waals surface area contributed by atoms with Crippen LogP contribution >= 0.6 is 0 Å². The van der Waals surface area contributed by atoms with E-state index in [2.05, 4.69) is 5.32 Å². The molecule has 1 heterocycles. The predicted octanol–water partition coefficient (Wildman–Crippen LogP) is 0.968. The van der Waals surface area contributed by atoms with E-state index in [1.807, 2.05) is 0 Å². The minimum atomic E-state index is -2.90. The van der Waals surface area contributed by atoms with Gasteiger partial charge in [-0.05, 0) is 33.1 Å². The maximum Gasteiger partial charge on any atom is 0.153 e. The van der Waals surface area contributed by atoms with Crippen molar-refractivity contribution in [1.29, 1.82) is 0 Å². The Hall–Kier alpha value is -0.130. The van der Waals surface area contributed by atoms with Crippen LogP contribution in [0.4, 0.5) is 0 Å². The van der Waals surface area contributed by atoms with Gasteiger partial charge in [0.2, 0.25) is 0 Å². The number of hydrogen-bond acceptors (Lipinski definition) is 4. The van der Waals surface area contributed by atoms with Gasteiger partial charge in [-0.15, -0.1) is 0 Å². The Labute approximate surface area is 98.7 Å². The van der Waals surface area contributed by atoms with E-state index in [-0.39, 0.29) is 17.1 Å². The van der Waals surface area contributed by atoms with Crippen LogP contribution in [0.2, 0.25) is 0 Å². The van der Waals surface area contributed by atoms with Crippen LogP contribution in [-0.2, 0) is 14.6 Å². The maximum absolute atomic E-state index is 11.5. The second kappa shape index (κ2) is 6.57. The van der Waals surface area contributed by atoms with Crippen molar-refractivity contribution in [3.8, 4) is 0 Å². The molecular formula is C11H23NO3S. The normalized spacial score (nSPS) is 22.6. The zero-order chi connectivity index (χ0) is 12.0. The number of hydrogen-bond donors (Lipinski definition) is 1. The number of ether oxygens (including phenoxy) is 1. The molecule has 0 aliphatic carbocycles. The smallest absolute Gasteiger partial charge is 0.153 e. The highest BCUT2D eigenvalue weighted by Crippen LogP contribution is 2.11. The molecule has 0 aromatic heterocycles. The molecule has 1 atom stereocenters. The zero-order valence-electron chi connectivity index (χ0n) is 10.2. The fourth-order valence-corrected chi connectivity index (χ4v) is 2.58. The number of rotatable bonds is 6. The Kier molecular flexibility index (Phi) is 5.72. The van der Waals surface area contributed by atoms with Crippen LogP contribution in [0.25, 0.3) is 0 Å². The van der Waals surface area contributed by atoms with Gasteiger partial charge >= 0.3 is 0 Å². The molecule has 0 aromatic rings. The van der Waals surface area contributed by atoms with Gasteiger partial charge in [-0.25, -0.2) is 8.42 Å². The highest BCUT2D eigenvalue weighted by Gasteiger charge is 2.16. The molecule has 0 aromatic carbocycles. The van der Waals surface area contributed by atoms with Gasteiger partial charge in [-0.3, -0.25) is 0 Å². The van der Waals surface area contributed by atoms with E-state index in [0.717, 1.165) is 26.0 Å². The second-order valence-corrected chi connectivity index (χ2v) is 7.29. The fourth-order valence-electron chi connectivity index (χ4n) is 1.68. The van der Waals surface area contributed by atoms with Gasteiger partial charge in [0.05, 0.1) is 17.1 Å². The summed E-state index contributed by atoms with van der Waals surface area (Å²) < 4.78 is 28.6. The van der Waals surface area contributed by atoms with Gasteiger partial charge in [0.1, 0.15) is 0 Å². The van der Waals surface area contributed by atoms with Crippen molar-refractivity contribution in [3.63, 3.8) is 0 Å². The molecule has 0 bridgehead atoms. The van der Waals surface area contributed by atoms with Crippen LogP contribution in [0.15, 0.2) is 0 Å². The third kappa shape index (κ3) is 4.80. The van der Waals surface area contributed by atoms with E-state index < -0.39 is 9.84 Å². The molecule has 1 N–H and O–H groups in total. The summed E-state index contributed by atoms with van der Waals surface area (Å²) >= 11 is 0. The molecule has 1 aliphatic rings. The lowest BCUT2D eigenvalue weighted by atomic mass is 10.1. The topological polar surface area (TPSA) is 55.4 Å². The van der Waals surface area contributed by atoms with Crippen molar-refractivity contribution in [2.45, 2.75) is 44.5 Å². The zero-order valence-corrected chi connectivity index (χ0v) is 11.1. The van der Waals surface area contributed by atoms with Crippen LogP contribution < -0.4 is 5.32 Å². The summed E-state index contributed by atoms with van der Waals surface area (Å²) in [5, 5.41) is 2.88. The van der Waals surface area contributed by atoms with E-state index in [1.54, 1.807) is 13.8 Å². The summed E-state index contributed by atoms with van der Waals surface area (Å²) in [7, 11) is -2.90. The molecule has 0 spiro atoms. The Bertz CT molecular complexity index is 282. The summed E-state index contributed by atoms with van der Waals surface area (Å²) in [5.74, 6) is 0.220. The third-order valence-corrected chi connectivity index (χ3v) is 5.14. The lowest BCUT2D eigenvalue weighted by Crippen LogP contribution is -2.35. The van der Waals surface area contributed by atoms with Crippen molar-refractivity contribution in [2.75, 3.05) is 25.4 Å². The highest BCUT2D eigenvalue weighted by molar-refractivity contribution is 7.92. The molecule has 0 saturated carbocycles. The van der Waals surface area contributed by atoms with Gasteiger partial charge in [0.15, 0.2) is 9.84 Å². The molecule has 0 radical (unpaired) electrons. The highest BCUT2D eigenvalue weighted by atomic mass is 32.2. The Morgan fingerprint density at radius 3 is 2.69 bits per heavy atom. The van der Waals surface area contributed by atoms with E-state index in [9.17, 15) is 8.42 Å². The minimum absolute atomic E-state index is 0.220. The molecule has 16 heavy (non-hydrogen) atoms. The van der Waals surface area contributed by atoms with E-state index in [1.165, 1.54) is 6.42 Å². The maximum atomic E-state index is 11.5. The standard InChI is InChI=1S/C11H23NO3S/c1-10(2)16(13,14)8-6-12-9-11-5-3-4-7-15-11/h10-12H,3-9H2,1-2H3. The van der Waals surface area contributed by atoms with Crippen LogP contribution in [0.1, 0.15) is 33.1 Å². The molecule has 1 saturated heterocycles. The third-order valence-electron chi connectivity index (χ3n) is 2.93. The van der Waals surface area contributed by atoms with Crippen LogP contribution in [0.5, 0.6) is 0 Å². The van der Waals surface area contributed by atoms with Crippen molar-refractivity contribution in [3.05, 3.63) is 0 Å². The lowest BCUT2D eigenvalue weighted by Gasteiger charge is -2.22. The summed E-state index contributed by atoms with van der Waals surface area (Å²) in [4.78, 5) is 0. The lowest BCUT2D eigenvalue weighted by molar-refractivity contribution is 0.0173. The Morgan fingerprint density at radius 2 is 2.12 bits per heavy atom. The first-order valence-corrected chi connectivity index (χ1v) is 7.78. The molecule has 1 aliphatic heterocycles. The van der Waals surface area contributed by atoms with Gasteiger partial charge < -0.3 is 10.1 Å². The quantitative estimate of drug-likeness (QED) is 0.713. The number of sulfone groups is 1. The first kappa shape index (κ1) is 13.9. The largest absolute Gasteiger partial charge is 0.377 e. The van der Waals surface area contributed by atoms with Crippen molar-refractivity contribution in [1.82, 2.24) is 5.32 Å². The average molecular weight is 249 g/mol. The monoisotopic (exact) mass is 249 g/mol. The van der Waals surface area contributed by atoms with Gasteiger partial charge in [-0.1, -0.05) is 0 Å². The molecule has 4 nitrogen and oxygen atoms in total. The SMILES string of the molecule is CC(C)S(=O)(=O)CCNCC1CCCCO1. The molecule has 96 valence electrons. The molecule has 1 rings (SSSR count). The summed E-state index contributed by atoms with van der Waals surface area (Å²) in [6.45, 7) is 5.59. The summed E-state index contributed by atoms with van der Waals surface area (Å²) in [6.07, 6.45) is 3.73. The first-order chi connectivity index (χ1) is 7.52. The molecule has 1 fully saturated rings.